The van der Waals surface area contributed by atoms with E-state index in [1.807, 2.05) is 54.0 Å². The summed E-state index contributed by atoms with van der Waals surface area (Å²) in [5.41, 5.74) is 3.17. The second-order valence-electron chi connectivity index (χ2n) is 9.31. The Kier molecular flexibility index (Phi) is 7.78. The van der Waals surface area contributed by atoms with Crippen LogP contribution in [0.4, 0.5) is 0 Å². The first-order valence-corrected chi connectivity index (χ1v) is 12.2. The van der Waals surface area contributed by atoms with Gasteiger partial charge in [0.15, 0.2) is 0 Å². The molecule has 176 valence electrons. The van der Waals surface area contributed by atoms with Crippen molar-refractivity contribution in [3.8, 4) is 0 Å². The molecular formula is C27H36N4O2. The van der Waals surface area contributed by atoms with Gasteiger partial charge in [-0.15, -0.1) is 0 Å². The van der Waals surface area contributed by atoms with Gasteiger partial charge >= 0.3 is 0 Å². The van der Waals surface area contributed by atoms with Crippen molar-refractivity contribution < 1.29 is 9.59 Å². The van der Waals surface area contributed by atoms with E-state index < -0.39 is 0 Å². The highest BCUT2D eigenvalue weighted by Gasteiger charge is 2.30. The summed E-state index contributed by atoms with van der Waals surface area (Å²) in [6, 6.07) is 18.2. The highest BCUT2D eigenvalue weighted by Crippen LogP contribution is 2.15. The molecule has 1 unspecified atom stereocenters. The number of benzene rings is 2. The monoisotopic (exact) mass is 448 g/mol. The van der Waals surface area contributed by atoms with E-state index in [0.717, 1.165) is 69.9 Å². The first-order valence-electron chi connectivity index (χ1n) is 12.2. The van der Waals surface area contributed by atoms with E-state index in [0.29, 0.717) is 6.54 Å². The minimum Gasteiger partial charge on any atom is -0.339 e. The van der Waals surface area contributed by atoms with E-state index in [1.165, 1.54) is 5.56 Å². The molecule has 2 aromatic carbocycles. The lowest BCUT2D eigenvalue weighted by atomic mass is 10.1. The molecule has 0 bridgehead atoms. The number of nitrogens with zero attached hydrogens (tertiary/aromatic N) is 4. The van der Waals surface area contributed by atoms with Gasteiger partial charge in [0, 0.05) is 64.5 Å². The molecule has 1 atom stereocenters. The van der Waals surface area contributed by atoms with Gasteiger partial charge in [0.2, 0.25) is 5.91 Å². The van der Waals surface area contributed by atoms with E-state index >= 15 is 0 Å². The van der Waals surface area contributed by atoms with Gasteiger partial charge in [0.25, 0.3) is 5.91 Å². The van der Waals surface area contributed by atoms with Gasteiger partial charge in [-0.2, -0.15) is 0 Å². The van der Waals surface area contributed by atoms with Crippen LogP contribution in [0.3, 0.4) is 0 Å². The quantitative estimate of drug-likeness (QED) is 0.706. The molecule has 0 radical (unpaired) electrons. The van der Waals surface area contributed by atoms with Crippen LogP contribution in [-0.2, 0) is 11.3 Å². The Morgan fingerprint density at radius 2 is 1.55 bits per heavy atom. The molecule has 2 heterocycles. The number of piperazine rings is 1. The number of carbonyl (C=O) groups excluding carboxylic acids is 2. The van der Waals surface area contributed by atoms with Crippen LogP contribution < -0.4 is 0 Å². The summed E-state index contributed by atoms with van der Waals surface area (Å²) >= 11 is 0. The molecule has 6 heteroatoms. The Morgan fingerprint density at radius 1 is 0.818 bits per heavy atom. The summed E-state index contributed by atoms with van der Waals surface area (Å²) in [6.07, 6.45) is 0.889. The second-order valence-corrected chi connectivity index (χ2v) is 9.31. The Morgan fingerprint density at radius 3 is 2.27 bits per heavy atom. The third kappa shape index (κ3) is 6.01. The molecular weight excluding hydrogens is 412 g/mol. The lowest BCUT2D eigenvalue weighted by Gasteiger charge is -2.38. The van der Waals surface area contributed by atoms with E-state index in [9.17, 15) is 9.59 Å². The molecule has 2 saturated heterocycles. The molecule has 6 nitrogen and oxygen atoms in total. The standard InChI is InChI=1S/C27H36N4O2/c1-22-8-6-11-25(20-22)27(33)30-13-7-12-29(18-19-30)23(2)26(32)31-16-14-28(15-17-31)21-24-9-4-3-5-10-24/h3-6,8-11,20,23H,7,12-19,21H2,1-2H3. The van der Waals surface area contributed by atoms with E-state index in [1.54, 1.807) is 0 Å². The fourth-order valence-electron chi connectivity index (χ4n) is 4.88. The van der Waals surface area contributed by atoms with Gasteiger partial charge in [0.1, 0.15) is 0 Å². The lowest BCUT2D eigenvalue weighted by molar-refractivity contribution is -0.138. The van der Waals surface area contributed by atoms with Crippen LogP contribution in [0.1, 0.15) is 34.8 Å². The number of rotatable bonds is 5. The molecule has 0 N–H and O–H groups in total. The SMILES string of the molecule is Cc1cccc(C(=O)N2CCCN(C(C)C(=O)N3CCN(Cc4ccccc4)CC3)CC2)c1. The minimum atomic E-state index is -0.153. The van der Waals surface area contributed by atoms with Crippen molar-refractivity contribution in [1.82, 2.24) is 19.6 Å². The number of aryl methyl sites for hydroxylation is 1. The van der Waals surface area contributed by atoms with Crippen LogP contribution >= 0.6 is 0 Å². The smallest absolute Gasteiger partial charge is 0.253 e. The van der Waals surface area contributed by atoms with Gasteiger partial charge in [-0.05, 0) is 38.0 Å². The van der Waals surface area contributed by atoms with Gasteiger partial charge < -0.3 is 9.80 Å². The van der Waals surface area contributed by atoms with Crippen molar-refractivity contribution in [3.63, 3.8) is 0 Å². The minimum absolute atomic E-state index is 0.0917. The fourth-order valence-corrected chi connectivity index (χ4v) is 4.88. The number of hydrogen-bond acceptors (Lipinski definition) is 4. The van der Waals surface area contributed by atoms with E-state index in [2.05, 4.69) is 34.1 Å². The zero-order valence-electron chi connectivity index (χ0n) is 19.9. The Bertz CT molecular complexity index is 940. The number of carbonyl (C=O) groups is 2. The summed E-state index contributed by atoms with van der Waals surface area (Å²) in [7, 11) is 0. The zero-order valence-corrected chi connectivity index (χ0v) is 19.9. The van der Waals surface area contributed by atoms with E-state index in [-0.39, 0.29) is 17.9 Å². The van der Waals surface area contributed by atoms with Crippen LogP contribution in [0.2, 0.25) is 0 Å². The molecule has 0 aliphatic carbocycles. The van der Waals surface area contributed by atoms with Crippen LogP contribution in [0.15, 0.2) is 54.6 Å². The molecule has 0 spiro atoms. The third-order valence-electron chi connectivity index (χ3n) is 6.92. The van der Waals surface area contributed by atoms with Crippen molar-refractivity contribution in [3.05, 3.63) is 71.3 Å². The summed E-state index contributed by atoms with van der Waals surface area (Å²) in [5, 5.41) is 0. The Labute approximate surface area is 197 Å². The molecule has 2 aliphatic heterocycles. The molecule has 0 saturated carbocycles. The molecule has 4 rings (SSSR count). The first kappa shape index (κ1) is 23.5. The maximum Gasteiger partial charge on any atom is 0.253 e. The maximum absolute atomic E-state index is 13.2. The third-order valence-corrected chi connectivity index (χ3v) is 6.92. The highest BCUT2D eigenvalue weighted by atomic mass is 16.2. The summed E-state index contributed by atoms with van der Waals surface area (Å²) in [4.78, 5) is 34.8. The summed E-state index contributed by atoms with van der Waals surface area (Å²) in [6.45, 7) is 11.3. The Balaban J connectivity index is 1.27. The van der Waals surface area contributed by atoms with Crippen molar-refractivity contribution in [1.29, 1.82) is 0 Å². The van der Waals surface area contributed by atoms with Crippen LogP contribution in [-0.4, -0.2) is 89.8 Å². The predicted molar refractivity (Wildman–Crippen MR) is 131 cm³/mol. The first-order chi connectivity index (χ1) is 16.0. The van der Waals surface area contributed by atoms with Crippen molar-refractivity contribution in [2.75, 3.05) is 52.4 Å². The molecule has 2 fully saturated rings. The topological polar surface area (TPSA) is 47.1 Å². The number of amides is 2. The van der Waals surface area contributed by atoms with E-state index in [4.69, 9.17) is 0 Å². The van der Waals surface area contributed by atoms with Crippen molar-refractivity contribution in [2.45, 2.75) is 32.9 Å². The van der Waals surface area contributed by atoms with Crippen LogP contribution in [0.5, 0.6) is 0 Å². The largest absolute Gasteiger partial charge is 0.339 e. The number of hydrogen-bond donors (Lipinski definition) is 0. The average molecular weight is 449 g/mol. The van der Waals surface area contributed by atoms with Gasteiger partial charge in [-0.1, -0.05) is 48.0 Å². The molecule has 33 heavy (non-hydrogen) atoms. The summed E-state index contributed by atoms with van der Waals surface area (Å²) < 4.78 is 0. The predicted octanol–water partition coefficient (Wildman–Crippen LogP) is 2.88. The maximum atomic E-state index is 13.2. The lowest BCUT2D eigenvalue weighted by Crippen LogP contribution is -2.54. The van der Waals surface area contributed by atoms with Gasteiger partial charge in [-0.25, -0.2) is 0 Å². The molecule has 0 aromatic heterocycles. The van der Waals surface area contributed by atoms with Gasteiger partial charge in [0.05, 0.1) is 6.04 Å². The van der Waals surface area contributed by atoms with Crippen LogP contribution in [0.25, 0.3) is 0 Å². The summed E-state index contributed by atoms with van der Waals surface area (Å²) in [5.74, 6) is 0.307. The normalized spacial score (nSPS) is 19.2. The van der Waals surface area contributed by atoms with Gasteiger partial charge in [-0.3, -0.25) is 19.4 Å². The zero-order chi connectivity index (χ0) is 23.2. The highest BCUT2D eigenvalue weighted by molar-refractivity contribution is 5.94. The Hall–Kier alpha value is -2.70. The second kappa shape index (κ2) is 10.9. The molecule has 2 aliphatic rings. The average Bonchev–Trinajstić information content (AvgIpc) is 3.10. The fraction of sp³-hybridized carbons (Fsp3) is 0.481. The molecule has 2 aromatic rings. The van der Waals surface area contributed by atoms with Crippen molar-refractivity contribution >= 4 is 11.8 Å². The van der Waals surface area contributed by atoms with Crippen molar-refractivity contribution in [2.24, 2.45) is 0 Å². The molecule has 2 amide bonds. The van der Waals surface area contributed by atoms with Crippen LogP contribution in [0, 0.1) is 6.92 Å².